The maximum atomic E-state index is 15.9. The summed E-state index contributed by atoms with van der Waals surface area (Å²) < 4.78 is 0. The van der Waals surface area contributed by atoms with E-state index in [4.69, 9.17) is 23.2 Å². The summed E-state index contributed by atoms with van der Waals surface area (Å²) in [5.41, 5.74) is 2.86. The first-order valence-electron chi connectivity index (χ1n) is 15.2. The molecule has 0 N–H and O–H groups in total. The second kappa shape index (κ2) is 10.4. The molecule has 6 heteroatoms. The molecule has 4 nitrogen and oxygen atoms in total. The number of nitrogens with zero attached hydrogens (tertiary/aromatic N) is 1. The second-order valence-corrected chi connectivity index (χ2v) is 13.1. The quantitative estimate of drug-likeness (QED) is 0.181. The van der Waals surface area contributed by atoms with Gasteiger partial charge < -0.3 is 0 Å². The van der Waals surface area contributed by atoms with Crippen molar-refractivity contribution < 1.29 is 14.4 Å². The zero-order valence-electron chi connectivity index (χ0n) is 24.8. The highest BCUT2D eigenvalue weighted by Crippen LogP contribution is 2.74. The SMILES string of the molecule is Cc1ccc(N2C(=O)[C@@H]3[C@H](C2=O)[C@@]2(c4ccc(Cl)cc4)C(=O)[C@@]3(c3ccc(Cl)cc3)C(c3ccccc3)=C2c2ccccc2)cc1. The second-order valence-electron chi connectivity index (χ2n) is 12.2. The lowest BCUT2D eigenvalue weighted by atomic mass is 9.59. The summed E-state index contributed by atoms with van der Waals surface area (Å²) in [4.78, 5) is 47.2. The summed E-state index contributed by atoms with van der Waals surface area (Å²) in [5, 5.41) is 1.01. The van der Waals surface area contributed by atoms with E-state index in [1.165, 1.54) is 4.90 Å². The summed E-state index contributed by atoms with van der Waals surface area (Å²) >= 11 is 12.8. The lowest BCUT2D eigenvalue weighted by Gasteiger charge is -2.39. The maximum Gasteiger partial charge on any atom is 0.239 e. The Kier molecular flexibility index (Phi) is 6.47. The highest BCUT2D eigenvalue weighted by Gasteiger charge is 2.82. The monoisotopic (exact) mass is 639 g/mol. The van der Waals surface area contributed by atoms with Crippen LogP contribution in [0.15, 0.2) is 133 Å². The average Bonchev–Trinajstić information content (AvgIpc) is 3.58. The number of rotatable bonds is 5. The maximum absolute atomic E-state index is 15.9. The van der Waals surface area contributed by atoms with E-state index in [0.29, 0.717) is 26.9 Å². The third-order valence-electron chi connectivity index (χ3n) is 10.0. The molecule has 1 saturated heterocycles. The van der Waals surface area contributed by atoms with Gasteiger partial charge in [0.15, 0.2) is 5.78 Å². The lowest BCUT2D eigenvalue weighted by molar-refractivity contribution is -0.130. The molecule has 2 aliphatic carbocycles. The Bertz CT molecular complexity index is 1950. The van der Waals surface area contributed by atoms with Gasteiger partial charge in [0.2, 0.25) is 11.8 Å². The Hall–Kier alpha value is -4.77. The number of imide groups is 1. The van der Waals surface area contributed by atoms with Gasteiger partial charge in [0.05, 0.1) is 28.4 Å². The van der Waals surface area contributed by atoms with Gasteiger partial charge in [-0.15, -0.1) is 0 Å². The Balaban J connectivity index is 1.56. The van der Waals surface area contributed by atoms with Gasteiger partial charge >= 0.3 is 0 Å². The van der Waals surface area contributed by atoms with E-state index in [9.17, 15) is 9.59 Å². The van der Waals surface area contributed by atoms with Crippen LogP contribution in [0.2, 0.25) is 10.0 Å². The van der Waals surface area contributed by atoms with Gasteiger partial charge in [-0.2, -0.15) is 0 Å². The van der Waals surface area contributed by atoms with Gasteiger partial charge in [0.1, 0.15) is 0 Å². The summed E-state index contributed by atoms with van der Waals surface area (Å²) in [6, 6.07) is 41.2. The number of Topliss-reactive ketones (excluding diaryl/α,β-unsaturated/α-hetero) is 1. The number of fused-ring (bicyclic) bond motifs is 5. The molecule has 2 bridgehead atoms. The van der Waals surface area contributed by atoms with Gasteiger partial charge in [0, 0.05) is 10.0 Å². The molecule has 0 aromatic heterocycles. The zero-order valence-corrected chi connectivity index (χ0v) is 26.3. The van der Waals surface area contributed by atoms with Gasteiger partial charge in [-0.3, -0.25) is 14.4 Å². The fourth-order valence-corrected chi connectivity index (χ4v) is 8.56. The van der Waals surface area contributed by atoms with Gasteiger partial charge in [-0.25, -0.2) is 4.90 Å². The highest BCUT2D eigenvalue weighted by molar-refractivity contribution is 6.39. The summed E-state index contributed by atoms with van der Waals surface area (Å²) in [7, 11) is 0. The third kappa shape index (κ3) is 3.66. The normalized spacial score (nSPS) is 25.0. The van der Waals surface area contributed by atoms with Crippen LogP contribution < -0.4 is 4.90 Å². The topological polar surface area (TPSA) is 54.5 Å². The molecule has 4 atom stereocenters. The molecular formula is C40H27Cl2NO3. The van der Waals surface area contributed by atoms with E-state index < -0.39 is 34.5 Å². The molecule has 8 rings (SSSR count). The standard InChI is InChI=1S/C40H27Cl2NO3/c1-24-12-22-31(23-13-24)43-36(44)34-35(37(43)45)40(28-16-20-30(42)21-17-28)33(26-10-6-3-7-11-26)32(25-8-4-2-5-9-25)39(34,38(40)46)27-14-18-29(41)19-15-27/h2-23,34-35H,1H3/t34-,35+,39-,40-/m0/s1. The number of benzene rings is 5. The first-order chi connectivity index (χ1) is 22.3. The van der Waals surface area contributed by atoms with E-state index in [1.54, 1.807) is 36.4 Å². The van der Waals surface area contributed by atoms with Crippen LogP contribution in [0.3, 0.4) is 0 Å². The zero-order chi connectivity index (χ0) is 31.8. The summed E-state index contributed by atoms with van der Waals surface area (Å²) in [6.07, 6.45) is 0. The van der Waals surface area contributed by atoms with Crippen LogP contribution >= 0.6 is 23.2 Å². The van der Waals surface area contributed by atoms with Gasteiger partial charge in [-0.1, -0.05) is 126 Å². The minimum atomic E-state index is -1.49. The van der Waals surface area contributed by atoms with Crippen LogP contribution in [-0.2, 0) is 25.2 Å². The number of anilines is 1. The fourth-order valence-electron chi connectivity index (χ4n) is 8.31. The number of hydrogen-bond donors (Lipinski definition) is 0. The molecule has 224 valence electrons. The predicted molar refractivity (Wildman–Crippen MR) is 182 cm³/mol. The van der Waals surface area contributed by atoms with Crippen LogP contribution in [-0.4, -0.2) is 17.6 Å². The van der Waals surface area contributed by atoms with Crippen LogP contribution in [0.25, 0.3) is 11.1 Å². The molecule has 2 fully saturated rings. The summed E-state index contributed by atoms with van der Waals surface area (Å²) in [6.45, 7) is 1.96. The van der Waals surface area contributed by atoms with Crippen molar-refractivity contribution in [1.82, 2.24) is 0 Å². The molecule has 0 spiro atoms. The Labute approximate surface area is 276 Å². The number of carbonyl (C=O) groups excluding carboxylic acids is 3. The van der Waals surface area contributed by atoms with E-state index in [-0.39, 0.29) is 5.78 Å². The van der Waals surface area contributed by atoms with Crippen molar-refractivity contribution in [2.45, 2.75) is 17.8 Å². The fraction of sp³-hybridized carbons (Fsp3) is 0.125. The van der Waals surface area contributed by atoms with Crippen molar-refractivity contribution in [3.05, 3.63) is 171 Å². The number of halogens is 2. The molecule has 1 saturated carbocycles. The van der Waals surface area contributed by atoms with E-state index in [0.717, 1.165) is 27.8 Å². The Morgan fingerprint density at radius 3 is 1.30 bits per heavy atom. The molecule has 3 aliphatic rings. The van der Waals surface area contributed by atoms with E-state index in [2.05, 4.69) is 0 Å². The van der Waals surface area contributed by atoms with Crippen molar-refractivity contribution in [3.8, 4) is 0 Å². The molecule has 0 radical (unpaired) electrons. The smallest absolute Gasteiger partial charge is 0.239 e. The molecule has 46 heavy (non-hydrogen) atoms. The van der Waals surface area contributed by atoms with Crippen molar-refractivity contribution >= 4 is 57.6 Å². The largest absolute Gasteiger partial charge is 0.297 e. The molecule has 1 heterocycles. The van der Waals surface area contributed by atoms with Crippen molar-refractivity contribution in [3.63, 3.8) is 0 Å². The minimum absolute atomic E-state index is 0.192. The number of carbonyl (C=O) groups is 3. The number of allylic oxidation sites excluding steroid dienone is 2. The van der Waals surface area contributed by atoms with Crippen molar-refractivity contribution in [1.29, 1.82) is 0 Å². The predicted octanol–water partition coefficient (Wildman–Crippen LogP) is 8.49. The van der Waals surface area contributed by atoms with Crippen LogP contribution in [0.4, 0.5) is 5.69 Å². The van der Waals surface area contributed by atoms with Crippen LogP contribution in [0, 0.1) is 18.8 Å². The third-order valence-corrected chi connectivity index (χ3v) is 10.5. The minimum Gasteiger partial charge on any atom is -0.297 e. The lowest BCUT2D eigenvalue weighted by Crippen LogP contribution is -2.45. The first kappa shape index (κ1) is 28.7. The molecular weight excluding hydrogens is 613 g/mol. The molecule has 2 amide bonds. The highest BCUT2D eigenvalue weighted by atomic mass is 35.5. The number of aryl methyl sites for hydroxylation is 1. The van der Waals surface area contributed by atoms with Crippen LogP contribution in [0.5, 0.6) is 0 Å². The number of amides is 2. The van der Waals surface area contributed by atoms with E-state index >= 15 is 4.79 Å². The Morgan fingerprint density at radius 2 is 0.913 bits per heavy atom. The number of ketones is 1. The first-order valence-corrected chi connectivity index (χ1v) is 15.9. The van der Waals surface area contributed by atoms with Gasteiger partial charge in [-0.05, 0) is 76.7 Å². The molecule has 5 aromatic rings. The molecule has 0 unspecified atom stereocenters. The van der Waals surface area contributed by atoms with Crippen molar-refractivity contribution in [2.75, 3.05) is 4.90 Å². The molecule has 5 aromatic carbocycles. The van der Waals surface area contributed by atoms with Crippen LogP contribution in [0.1, 0.15) is 27.8 Å². The average molecular weight is 641 g/mol. The number of hydrogen-bond acceptors (Lipinski definition) is 3. The van der Waals surface area contributed by atoms with Gasteiger partial charge in [0.25, 0.3) is 0 Å². The molecule has 1 aliphatic heterocycles. The van der Waals surface area contributed by atoms with E-state index in [1.807, 2.05) is 104 Å². The summed E-state index contributed by atoms with van der Waals surface area (Å²) in [5.74, 6) is -2.98. The Morgan fingerprint density at radius 1 is 0.522 bits per heavy atom. The van der Waals surface area contributed by atoms with Crippen molar-refractivity contribution in [2.24, 2.45) is 11.8 Å².